The summed E-state index contributed by atoms with van der Waals surface area (Å²) >= 11 is 0. The van der Waals surface area contributed by atoms with Gasteiger partial charge in [0.05, 0.1) is 35.7 Å². The second-order valence-electron chi connectivity index (χ2n) is 6.57. The molecular formula is C22H16N6O2. The van der Waals surface area contributed by atoms with Crippen molar-refractivity contribution in [1.82, 2.24) is 24.3 Å². The minimum absolute atomic E-state index is 0.220. The summed E-state index contributed by atoms with van der Waals surface area (Å²) in [5.74, 6) is 0.753. The monoisotopic (exact) mass is 396 g/mol. The highest BCUT2D eigenvalue weighted by Crippen LogP contribution is 2.30. The number of amides is 1. The summed E-state index contributed by atoms with van der Waals surface area (Å²) in [6.45, 7) is 0. The summed E-state index contributed by atoms with van der Waals surface area (Å²) < 4.78 is 7.25. The van der Waals surface area contributed by atoms with Crippen LogP contribution in [0.25, 0.3) is 28.1 Å². The molecule has 0 bridgehead atoms. The molecule has 0 unspecified atom stereocenters. The molecule has 0 spiro atoms. The maximum atomic E-state index is 12.8. The number of nitrogens with zero attached hydrogens (tertiary/aromatic N) is 5. The van der Waals surface area contributed by atoms with E-state index in [-0.39, 0.29) is 11.6 Å². The molecule has 3 aromatic heterocycles. The van der Waals surface area contributed by atoms with Crippen LogP contribution in [-0.2, 0) is 0 Å². The lowest BCUT2D eigenvalue weighted by molar-refractivity contribution is 0.102. The van der Waals surface area contributed by atoms with Gasteiger partial charge in [-0.3, -0.25) is 14.2 Å². The number of hydrogen-bond acceptors (Lipinski definition) is 6. The van der Waals surface area contributed by atoms with Gasteiger partial charge in [-0.1, -0.05) is 12.1 Å². The van der Waals surface area contributed by atoms with Gasteiger partial charge >= 0.3 is 0 Å². The normalized spacial score (nSPS) is 11.0. The van der Waals surface area contributed by atoms with E-state index in [0.29, 0.717) is 22.7 Å². The van der Waals surface area contributed by atoms with Gasteiger partial charge in [0.25, 0.3) is 5.91 Å². The summed E-state index contributed by atoms with van der Waals surface area (Å²) in [5, 5.41) is 2.87. The molecule has 0 aliphatic rings. The van der Waals surface area contributed by atoms with Crippen molar-refractivity contribution in [3.63, 3.8) is 0 Å². The predicted octanol–water partition coefficient (Wildman–Crippen LogP) is 3.60. The Morgan fingerprint density at radius 3 is 2.73 bits per heavy atom. The minimum Gasteiger partial charge on any atom is -0.495 e. The molecule has 0 aliphatic carbocycles. The molecule has 0 radical (unpaired) electrons. The summed E-state index contributed by atoms with van der Waals surface area (Å²) in [6, 6.07) is 14.7. The van der Waals surface area contributed by atoms with E-state index in [1.54, 1.807) is 19.4 Å². The molecule has 2 aromatic carbocycles. The number of rotatable bonds is 4. The Hall–Kier alpha value is -4.33. The van der Waals surface area contributed by atoms with Gasteiger partial charge in [0.15, 0.2) is 0 Å². The van der Waals surface area contributed by atoms with E-state index in [1.807, 2.05) is 59.3 Å². The van der Waals surface area contributed by atoms with Crippen LogP contribution in [0.3, 0.4) is 0 Å². The van der Waals surface area contributed by atoms with Crippen LogP contribution in [0.2, 0.25) is 0 Å². The molecule has 0 atom stereocenters. The third-order valence-electron chi connectivity index (χ3n) is 4.66. The van der Waals surface area contributed by atoms with E-state index in [2.05, 4.69) is 25.3 Å². The van der Waals surface area contributed by atoms with Crippen LogP contribution in [0.1, 0.15) is 10.5 Å². The molecule has 8 nitrogen and oxygen atoms in total. The van der Waals surface area contributed by atoms with Crippen LogP contribution in [0, 0.1) is 0 Å². The van der Waals surface area contributed by atoms with Crippen molar-refractivity contribution in [2.45, 2.75) is 0 Å². The highest BCUT2D eigenvalue weighted by Gasteiger charge is 2.14. The van der Waals surface area contributed by atoms with E-state index in [0.717, 1.165) is 16.8 Å². The van der Waals surface area contributed by atoms with Crippen LogP contribution in [0.5, 0.6) is 5.75 Å². The Morgan fingerprint density at radius 1 is 1.03 bits per heavy atom. The molecular weight excluding hydrogens is 380 g/mol. The summed E-state index contributed by atoms with van der Waals surface area (Å²) in [4.78, 5) is 30.3. The van der Waals surface area contributed by atoms with Crippen molar-refractivity contribution in [3.05, 3.63) is 79.0 Å². The summed E-state index contributed by atoms with van der Waals surface area (Å²) in [6.07, 6.45) is 6.91. The van der Waals surface area contributed by atoms with Crippen molar-refractivity contribution in [1.29, 1.82) is 0 Å². The molecule has 30 heavy (non-hydrogen) atoms. The van der Waals surface area contributed by atoms with Crippen LogP contribution in [-0.4, -0.2) is 37.4 Å². The SMILES string of the molecule is COc1ccc(-c2cn3cccnc3n2)cc1NC(=O)c1cnc2ccccc2n1. The van der Waals surface area contributed by atoms with Gasteiger partial charge in [0.1, 0.15) is 11.4 Å². The highest BCUT2D eigenvalue weighted by molar-refractivity contribution is 6.04. The number of para-hydroxylation sites is 2. The Morgan fingerprint density at radius 2 is 1.90 bits per heavy atom. The Bertz CT molecular complexity index is 1360. The third kappa shape index (κ3) is 3.20. The first-order valence-electron chi connectivity index (χ1n) is 9.22. The second kappa shape index (κ2) is 7.25. The van der Waals surface area contributed by atoms with E-state index in [9.17, 15) is 4.79 Å². The largest absolute Gasteiger partial charge is 0.495 e. The number of methoxy groups -OCH3 is 1. The fourth-order valence-corrected chi connectivity index (χ4v) is 3.19. The standard InChI is InChI=1S/C22H16N6O2/c1-30-20-8-7-14(19-13-28-10-4-9-23-22(28)27-19)11-17(20)26-21(29)18-12-24-15-5-2-3-6-16(15)25-18/h2-13H,1H3,(H,26,29). The number of ether oxygens (including phenoxy) is 1. The summed E-state index contributed by atoms with van der Waals surface area (Å²) in [7, 11) is 1.55. The number of imidazole rings is 1. The lowest BCUT2D eigenvalue weighted by atomic mass is 10.1. The Balaban J connectivity index is 1.49. The van der Waals surface area contributed by atoms with Crippen LogP contribution >= 0.6 is 0 Å². The molecule has 1 amide bonds. The topological polar surface area (TPSA) is 94.3 Å². The number of carbonyl (C=O) groups is 1. The molecule has 5 rings (SSSR count). The zero-order valence-corrected chi connectivity index (χ0v) is 16.0. The van der Waals surface area contributed by atoms with Crippen LogP contribution < -0.4 is 10.1 Å². The number of carbonyl (C=O) groups excluding carboxylic acids is 1. The average molecular weight is 396 g/mol. The van der Waals surface area contributed by atoms with Crippen LogP contribution in [0.15, 0.2) is 73.3 Å². The van der Waals surface area contributed by atoms with Crippen molar-refractivity contribution >= 4 is 28.4 Å². The average Bonchev–Trinajstić information content (AvgIpc) is 3.23. The zero-order chi connectivity index (χ0) is 20.5. The number of anilines is 1. The molecule has 5 aromatic rings. The maximum Gasteiger partial charge on any atom is 0.275 e. The van der Waals surface area contributed by atoms with E-state index in [4.69, 9.17) is 4.74 Å². The maximum absolute atomic E-state index is 12.8. The fraction of sp³-hybridized carbons (Fsp3) is 0.0455. The van der Waals surface area contributed by atoms with Gasteiger partial charge in [-0.2, -0.15) is 0 Å². The van der Waals surface area contributed by atoms with Gasteiger partial charge in [-0.05, 0) is 36.4 Å². The van der Waals surface area contributed by atoms with Crippen molar-refractivity contribution in [3.8, 4) is 17.0 Å². The quantitative estimate of drug-likeness (QED) is 0.499. The van der Waals surface area contributed by atoms with Crippen molar-refractivity contribution in [2.24, 2.45) is 0 Å². The first kappa shape index (κ1) is 17.7. The van der Waals surface area contributed by atoms with Gasteiger partial charge < -0.3 is 10.1 Å². The fourth-order valence-electron chi connectivity index (χ4n) is 3.19. The highest BCUT2D eigenvalue weighted by atomic mass is 16.5. The molecule has 1 N–H and O–H groups in total. The van der Waals surface area contributed by atoms with E-state index < -0.39 is 0 Å². The van der Waals surface area contributed by atoms with Crippen LogP contribution in [0.4, 0.5) is 5.69 Å². The third-order valence-corrected chi connectivity index (χ3v) is 4.66. The van der Waals surface area contributed by atoms with Gasteiger partial charge in [0, 0.05) is 24.2 Å². The van der Waals surface area contributed by atoms with Crippen molar-refractivity contribution in [2.75, 3.05) is 12.4 Å². The number of nitrogens with one attached hydrogen (secondary N) is 1. The minimum atomic E-state index is -0.375. The van der Waals surface area contributed by atoms with Gasteiger partial charge in [-0.25, -0.2) is 15.0 Å². The molecule has 3 heterocycles. The molecule has 0 aliphatic heterocycles. The molecule has 0 fully saturated rings. The Labute approximate surface area is 171 Å². The predicted molar refractivity (Wildman–Crippen MR) is 112 cm³/mol. The van der Waals surface area contributed by atoms with E-state index in [1.165, 1.54) is 6.20 Å². The number of hydrogen-bond donors (Lipinski definition) is 1. The van der Waals surface area contributed by atoms with E-state index >= 15 is 0 Å². The lowest BCUT2D eigenvalue weighted by Gasteiger charge is -2.11. The summed E-state index contributed by atoms with van der Waals surface area (Å²) in [5.41, 5.74) is 3.67. The van der Waals surface area contributed by atoms with Crippen molar-refractivity contribution < 1.29 is 9.53 Å². The lowest BCUT2D eigenvalue weighted by Crippen LogP contribution is -2.15. The number of fused-ring (bicyclic) bond motifs is 2. The molecule has 146 valence electrons. The smallest absolute Gasteiger partial charge is 0.275 e. The zero-order valence-electron chi connectivity index (χ0n) is 16.0. The number of aromatic nitrogens is 5. The molecule has 0 saturated carbocycles. The first-order chi connectivity index (χ1) is 14.7. The number of benzene rings is 2. The first-order valence-corrected chi connectivity index (χ1v) is 9.22. The van der Waals surface area contributed by atoms with Gasteiger partial charge in [-0.15, -0.1) is 0 Å². The second-order valence-corrected chi connectivity index (χ2v) is 6.57. The van der Waals surface area contributed by atoms with Gasteiger partial charge in [0.2, 0.25) is 5.78 Å². The molecule has 0 saturated heterocycles. The molecule has 8 heteroatoms. The Kier molecular flexibility index (Phi) is 4.29.